The average Bonchev–Trinajstić information content (AvgIpc) is 2.74. The largest absolute Gasteiger partial charge is 0.313 e. The number of hydrogen-bond acceptors (Lipinski definition) is 1. The molecule has 80 valence electrons. The lowest BCUT2D eigenvalue weighted by Gasteiger charge is -2.28. The minimum Gasteiger partial charge on any atom is -0.313 e. The van der Waals surface area contributed by atoms with Crippen LogP contribution in [0.1, 0.15) is 37.2 Å². The van der Waals surface area contributed by atoms with Crippen molar-refractivity contribution in [2.45, 2.75) is 37.6 Å². The van der Waals surface area contributed by atoms with Crippen LogP contribution in [0.15, 0.2) is 30.3 Å². The summed E-state index contributed by atoms with van der Waals surface area (Å²) in [5, 5.41) is 3.71. The molecule has 0 aromatic heterocycles. The van der Waals surface area contributed by atoms with Gasteiger partial charge in [-0.05, 0) is 24.3 Å². The van der Waals surface area contributed by atoms with Gasteiger partial charge in [0, 0.05) is 18.5 Å². The van der Waals surface area contributed by atoms with Crippen LogP contribution in [0.2, 0.25) is 0 Å². The fourth-order valence-electron chi connectivity index (χ4n) is 3.39. The van der Waals surface area contributed by atoms with Crippen molar-refractivity contribution in [3.63, 3.8) is 0 Å². The van der Waals surface area contributed by atoms with Gasteiger partial charge in [0.15, 0.2) is 0 Å². The second-order valence-electron chi connectivity index (χ2n) is 4.98. The second-order valence-corrected chi connectivity index (χ2v) is 4.98. The molecule has 3 atom stereocenters. The van der Waals surface area contributed by atoms with Crippen molar-refractivity contribution < 1.29 is 0 Å². The van der Waals surface area contributed by atoms with Crippen LogP contribution in [-0.2, 0) is 0 Å². The predicted molar refractivity (Wildman–Crippen MR) is 62.9 cm³/mol. The highest BCUT2D eigenvalue weighted by molar-refractivity contribution is 5.23. The quantitative estimate of drug-likeness (QED) is 0.736. The standard InChI is InChI=1S/C14H19N/c1-2-6-11(7-3-1)13-10-15-14-9-5-4-8-12(13)14/h1-3,6-7,12-15H,4-5,8-10H2/t12-,13-,14-/m0/s1. The molecule has 0 radical (unpaired) electrons. The van der Waals surface area contributed by atoms with Gasteiger partial charge in [-0.15, -0.1) is 0 Å². The van der Waals surface area contributed by atoms with Crippen molar-refractivity contribution in [1.82, 2.24) is 5.32 Å². The summed E-state index contributed by atoms with van der Waals surface area (Å²) >= 11 is 0. The summed E-state index contributed by atoms with van der Waals surface area (Å²) in [7, 11) is 0. The molecule has 0 bridgehead atoms. The molecule has 1 saturated heterocycles. The monoisotopic (exact) mass is 201 g/mol. The number of rotatable bonds is 1. The van der Waals surface area contributed by atoms with Gasteiger partial charge in [-0.1, -0.05) is 43.2 Å². The fraction of sp³-hybridized carbons (Fsp3) is 0.571. The minimum absolute atomic E-state index is 0.775. The first-order chi connectivity index (χ1) is 7.45. The molecule has 2 aliphatic rings. The van der Waals surface area contributed by atoms with Crippen LogP contribution in [0.4, 0.5) is 0 Å². The predicted octanol–water partition coefficient (Wildman–Crippen LogP) is 2.93. The molecule has 1 saturated carbocycles. The Balaban J connectivity index is 1.82. The van der Waals surface area contributed by atoms with Gasteiger partial charge in [-0.2, -0.15) is 0 Å². The molecule has 1 aliphatic heterocycles. The van der Waals surface area contributed by atoms with Gasteiger partial charge in [-0.25, -0.2) is 0 Å². The zero-order valence-electron chi connectivity index (χ0n) is 9.15. The van der Waals surface area contributed by atoms with E-state index in [1.807, 2.05) is 0 Å². The van der Waals surface area contributed by atoms with Crippen molar-refractivity contribution >= 4 is 0 Å². The number of benzene rings is 1. The third-order valence-electron chi connectivity index (χ3n) is 4.16. The maximum absolute atomic E-state index is 3.71. The molecule has 3 rings (SSSR count). The molecule has 1 heterocycles. The fourth-order valence-corrected chi connectivity index (χ4v) is 3.39. The first kappa shape index (κ1) is 9.41. The SMILES string of the molecule is c1ccc([C@@H]2CN[C@H]3CCCC[C@H]32)cc1. The third kappa shape index (κ3) is 1.69. The zero-order valence-corrected chi connectivity index (χ0v) is 9.15. The minimum atomic E-state index is 0.775. The molecular formula is C14H19N. The molecule has 15 heavy (non-hydrogen) atoms. The van der Waals surface area contributed by atoms with Gasteiger partial charge in [0.2, 0.25) is 0 Å². The van der Waals surface area contributed by atoms with E-state index in [2.05, 4.69) is 35.6 Å². The van der Waals surface area contributed by atoms with E-state index in [0.717, 1.165) is 17.9 Å². The Morgan fingerprint density at radius 3 is 2.67 bits per heavy atom. The van der Waals surface area contributed by atoms with Gasteiger partial charge < -0.3 is 5.32 Å². The summed E-state index contributed by atoms with van der Waals surface area (Å²) < 4.78 is 0. The van der Waals surface area contributed by atoms with Gasteiger partial charge >= 0.3 is 0 Å². The Hall–Kier alpha value is -0.820. The smallest absolute Gasteiger partial charge is 0.0102 e. The highest BCUT2D eigenvalue weighted by Gasteiger charge is 2.37. The lowest BCUT2D eigenvalue weighted by molar-refractivity contribution is 0.308. The highest BCUT2D eigenvalue weighted by Crippen LogP contribution is 2.39. The number of nitrogens with one attached hydrogen (secondary N) is 1. The van der Waals surface area contributed by atoms with Crippen molar-refractivity contribution in [3.05, 3.63) is 35.9 Å². The summed E-state index contributed by atoms with van der Waals surface area (Å²) in [6.07, 6.45) is 5.69. The summed E-state index contributed by atoms with van der Waals surface area (Å²) in [6, 6.07) is 11.9. The zero-order chi connectivity index (χ0) is 10.1. The van der Waals surface area contributed by atoms with E-state index in [1.165, 1.54) is 32.2 Å². The van der Waals surface area contributed by atoms with Crippen LogP contribution in [0.25, 0.3) is 0 Å². The number of fused-ring (bicyclic) bond motifs is 1. The lowest BCUT2D eigenvalue weighted by atomic mass is 9.77. The van der Waals surface area contributed by atoms with Crippen LogP contribution in [0.5, 0.6) is 0 Å². The Morgan fingerprint density at radius 1 is 1.00 bits per heavy atom. The van der Waals surface area contributed by atoms with E-state index in [9.17, 15) is 0 Å². The molecule has 1 N–H and O–H groups in total. The van der Waals surface area contributed by atoms with Crippen LogP contribution < -0.4 is 5.32 Å². The Kier molecular flexibility index (Phi) is 2.49. The maximum Gasteiger partial charge on any atom is 0.0102 e. The first-order valence-corrected chi connectivity index (χ1v) is 6.23. The van der Waals surface area contributed by atoms with Crippen LogP contribution >= 0.6 is 0 Å². The van der Waals surface area contributed by atoms with Crippen molar-refractivity contribution in [1.29, 1.82) is 0 Å². The molecule has 1 aromatic carbocycles. The molecule has 0 unspecified atom stereocenters. The van der Waals surface area contributed by atoms with E-state index in [0.29, 0.717) is 0 Å². The van der Waals surface area contributed by atoms with Gasteiger partial charge in [-0.3, -0.25) is 0 Å². The molecule has 1 aromatic rings. The highest BCUT2D eigenvalue weighted by atomic mass is 15.0. The van der Waals surface area contributed by atoms with Crippen LogP contribution in [0.3, 0.4) is 0 Å². The van der Waals surface area contributed by atoms with Gasteiger partial charge in [0.05, 0.1) is 0 Å². The summed E-state index contributed by atoms with van der Waals surface area (Å²) in [5.41, 5.74) is 1.54. The topological polar surface area (TPSA) is 12.0 Å². The molecule has 0 spiro atoms. The number of hydrogen-bond donors (Lipinski definition) is 1. The normalized spacial score (nSPS) is 35.1. The summed E-state index contributed by atoms with van der Waals surface area (Å²) in [5.74, 6) is 1.68. The molecule has 1 aliphatic carbocycles. The van der Waals surface area contributed by atoms with E-state index >= 15 is 0 Å². The molecule has 2 fully saturated rings. The van der Waals surface area contributed by atoms with E-state index in [4.69, 9.17) is 0 Å². The Bertz CT molecular complexity index is 319. The van der Waals surface area contributed by atoms with Crippen molar-refractivity contribution in [2.75, 3.05) is 6.54 Å². The summed E-state index contributed by atoms with van der Waals surface area (Å²) in [4.78, 5) is 0. The van der Waals surface area contributed by atoms with Gasteiger partial charge in [0.25, 0.3) is 0 Å². The maximum atomic E-state index is 3.71. The van der Waals surface area contributed by atoms with E-state index < -0.39 is 0 Å². The Morgan fingerprint density at radius 2 is 1.80 bits per heavy atom. The van der Waals surface area contributed by atoms with E-state index in [1.54, 1.807) is 5.56 Å². The van der Waals surface area contributed by atoms with E-state index in [-0.39, 0.29) is 0 Å². The molecule has 1 heteroatoms. The summed E-state index contributed by atoms with van der Waals surface area (Å²) in [6.45, 7) is 1.19. The van der Waals surface area contributed by atoms with Crippen LogP contribution in [-0.4, -0.2) is 12.6 Å². The molecule has 1 nitrogen and oxygen atoms in total. The Labute approximate surface area is 91.9 Å². The van der Waals surface area contributed by atoms with Gasteiger partial charge in [0.1, 0.15) is 0 Å². The second kappa shape index (κ2) is 3.97. The first-order valence-electron chi connectivity index (χ1n) is 6.23. The van der Waals surface area contributed by atoms with Crippen molar-refractivity contribution in [2.24, 2.45) is 5.92 Å². The molecular weight excluding hydrogens is 182 g/mol. The van der Waals surface area contributed by atoms with Crippen LogP contribution in [0, 0.1) is 5.92 Å². The average molecular weight is 201 g/mol. The van der Waals surface area contributed by atoms with Crippen molar-refractivity contribution in [3.8, 4) is 0 Å². The molecule has 0 amide bonds. The third-order valence-corrected chi connectivity index (χ3v) is 4.16. The lowest BCUT2D eigenvalue weighted by Crippen LogP contribution is -2.29.